The van der Waals surface area contributed by atoms with Crippen LogP contribution < -0.4 is 5.69 Å². The fourth-order valence-electron chi connectivity index (χ4n) is 2.06. The largest absolute Gasteiger partial charge is 0.346 e. The summed E-state index contributed by atoms with van der Waals surface area (Å²) in [7, 11) is -3.20. The summed E-state index contributed by atoms with van der Waals surface area (Å²) < 4.78 is 25.9. The molecule has 0 aliphatic heterocycles. The van der Waals surface area contributed by atoms with E-state index in [4.69, 9.17) is 0 Å². The molecule has 1 aromatic carbocycles. The van der Waals surface area contributed by atoms with Gasteiger partial charge in [0, 0.05) is 6.26 Å². The van der Waals surface area contributed by atoms with Crippen molar-refractivity contribution in [2.45, 2.75) is 38.3 Å². The van der Waals surface area contributed by atoms with Crippen molar-refractivity contribution in [1.82, 2.24) is 14.3 Å². The monoisotopic (exact) mass is 309 g/mol. The molecule has 114 valence electrons. The highest BCUT2D eigenvalue weighted by Gasteiger charge is 2.13. The molecular weight excluding hydrogens is 290 g/mol. The molecule has 0 spiro atoms. The molecule has 1 aromatic heterocycles. The number of hydrogen-bond acceptors (Lipinski definition) is 4. The van der Waals surface area contributed by atoms with E-state index in [-0.39, 0.29) is 16.6 Å². The summed E-state index contributed by atoms with van der Waals surface area (Å²) in [6.45, 7) is 5.96. The van der Waals surface area contributed by atoms with Gasteiger partial charge in [0.2, 0.25) is 0 Å². The molecule has 0 aliphatic carbocycles. The minimum atomic E-state index is -3.20. The van der Waals surface area contributed by atoms with Gasteiger partial charge in [-0.25, -0.2) is 17.9 Å². The van der Waals surface area contributed by atoms with E-state index in [0.717, 1.165) is 5.56 Å². The molecule has 0 N–H and O–H groups in total. The standard InChI is InChI=1S/C14H19N3O3S/c1-10(2)17-14(18)16(11(3)15-17)9-12-5-7-13(8-6-12)21(4,19)20/h5-8,10H,9H2,1-4H3. The molecular formula is C14H19N3O3S. The minimum Gasteiger partial charge on any atom is -0.275 e. The second-order valence-corrected chi connectivity index (χ2v) is 7.39. The van der Waals surface area contributed by atoms with Crippen molar-refractivity contribution in [3.8, 4) is 0 Å². The van der Waals surface area contributed by atoms with Crippen LogP contribution in [0.2, 0.25) is 0 Å². The van der Waals surface area contributed by atoms with Gasteiger partial charge in [-0.3, -0.25) is 4.57 Å². The fourth-order valence-corrected chi connectivity index (χ4v) is 2.69. The Balaban J connectivity index is 2.33. The summed E-state index contributed by atoms with van der Waals surface area (Å²) in [6, 6.07) is 6.55. The Morgan fingerprint density at radius 1 is 1.19 bits per heavy atom. The topological polar surface area (TPSA) is 74.0 Å². The van der Waals surface area contributed by atoms with E-state index in [1.807, 2.05) is 13.8 Å². The second kappa shape index (κ2) is 5.48. The maximum Gasteiger partial charge on any atom is 0.346 e. The first kappa shape index (κ1) is 15.5. The fraction of sp³-hybridized carbons (Fsp3) is 0.429. The van der Waals surface area contributed by atoms with Gasteiger partial charge >= 0.3 is 5.69 Å². The molecule has 0 aliphatic rings. The number of hydrogen-bond donors (Lipinski definition) is 0. The molecule has 0 bridgehead atoms. The molecule has 0 saturated heterocycles. The van der Waals surface area contributed by atoms with Crippen LogP contribution in [0.3, 0.4) is 0 Å². The summed E-state index contributed by atoms with van der Waals surface area (Å²) in [5.41, 5.74) is 0.700. The lowest BCUT2D eigenvalue weighted by molar-refractivity contribution is 0.505. The van der Waals surface area contributed by atoms with Crippen LogP contribution in [0.5, 0.6) is 0 Å². The highest BCUT2D eigenvalue weighted by atomic mass is 32.2. The average molecular weight is 309 g/mol. The van der Waals surface area contributed by atoms with Gasteiger partial charge in [-0.05, 0) is 38.5 Å². The van der Waals surface area contributed by atoms with Crippen molar-refractivity contribution in [2.24, 2.45) is 0 Å². The van der Waals surface area contributed by atoms with Crippen molar-refractivity contribution in [3.05, 3.63) is 46.1 Å². The molecule has 6 nitrogen and oxygen atoms in total. The quantitative estimate of drug-likeness (QED) is 0.855. The molecule has 7 heteroatoms. The molecule has 0 radical (unpaired) electrons. The highest BCUT2D eigenvalue weighted by molar-refractivity contribution is 7.90. The summed E-state index contributed by atoms with van der Waals surface area (Å²) >= 11 is 0. The Kier molecular flexibility index (Phi) is 4.04. The van der Waals surface area contributed by atoms with Crippen LogP contribution in [0, 0.1) is 6.92 Å². The first-order chi connectivity index (χ1) is 9.70. The lowest BCUT2D eigenvalue weighted by atomic mass is 10.2. The second-order valence-electron chi connectivity index (χ2n) is 5.37. The minimum absolute atomic E-state index is 0.00469. The molecule has 0 fully saturated rings. The Labute approximate surface area is 124 Å². The van der Waals surface area contributed by atoms with Crippen LogP contribution in [-0.2, 0) is 16.4 Å². The van der Waals surface area contributed by atoms with E-state index in [2.05, 4.69) is 5.10 Å². The smallest absolute Gasteiger partial charge is 0.275 e. The summed E-state index contributed by atoms with van der Waals surface area (Å²) in [5, 5.41) is 4.23. The number of benzene rings is 1. The van der Waals surface area contributed by atoms with E-state index in [1.165, 1.54) is 10.9 Å². The number of aromatic nitrogens is 3. The third-order valence-corrected chi connectivity index (χ3v) is 4.38. The van der Waals surface area contributed by atoms with Gasteiger partial charge in [0.15, 0.2) is 9.84 Å². The predicted molar refractivity (Wildman–Crippen MR) is 80.3 cm³/mol. The van der Waals surface area contributed by atoms with Crippen LogP contribution in [0.25, 0.3) is 0 Å². The van der Waals surface area contributed by atoms with Gasteiger partial charge in [0.1, 0.15) is 5.82 Å². The van der Waals surface area contributed by atoms with Gasteiger partial charge in [0.25, 0.3) is 0 Å². The number of rotatable bonds is 4. The van der Waals surface area contributed by atoms with Crippen molar-refractivity contribution >= 4 is 9.84 Å². The normalized spacial score (nSPS) is 12.0. The summed E-state index contributed by atoms with van der Waals surface area (Å²) in [6.07, 6.45) is 1.17. The van der Waals surface area contributed by atoms with Crippen LogP contribution in [0.15, 0.2) is 34.0 Å². The first-order valence-electron chi connectivity index (χ1n) is 6.65. The number of aryl methyl sites for hydroxylation is 1. The van der Waals surface area contributed by atoms with E-state index < -0.39 is 9.84 Å². The van der Waals surface area contributed by atoms with Crippen LogP contribution in [0.1, 0.15) is 31.3 Å². The molecule has 0 unspecified atom stereocenters. The van der Waals surface area contributed by atoms with Crippen molar-refractivity contribution in [1.29, 1.82) is 0 Å². The van der Waals surface area contributed by atoms with E-state index in [9.17, 15) is 13.2 Å². The maximum absolute atomic E-state index is 12.2. The van der Waals surface area contributed by atoms with E-state index in [0.29, 0.717) is 12.4 Å². The predicted octanol–water partition coefficient (Wildman–Crippen LogP) is 1.39. The first-order valence-corrected chi connectivity index (χ1v) is 8.54. The van der Waals surface area contributed by atoms with Gasteiger partial charge < -0.3 is 0 Å². The van der Waals surface area contributed by atoms with E-state index in [1.54, 1.807) is 35.8 Å². The molecule has 0 amide bonds. The van der Waals surface area contributed by atoms with Gasteiger partial charge in [-0.2, -0.15) is 5.10 Å². The van der Waals surface area contributed by atoms with Crippen LogP contribution in [-0.4, -0.2) is 29.0 Å². The maximum atomic E-state index is 12.2. The number of nitrogens with zero attached hydrogens (tertiary/aromatic N) is 3. The van der Waals surface area contributed by atoms with Gasteiger partial charge in [-0.1, -0.05) is 12.1 Å². The Morgan fingerprint density at radius 2 is 1.76 bits per heavy atom. The highest BCUT2D eigenvalue weighted by Crippen LogP contribution is 2.11. The molecule has 1 heterocycles. The lowest BCUT2D eigenvalue weighted by Crippen LogP contribution is -2.26. The van der Waals surface area contributed by atoms with Crippen molar-refractivity contribution in [2.75, 3.05) is 6.26 Å². The van der Waals surface area contributed by atoms with Crippen LogP contribution in [0.4, 0.5) is 0 Å². The molecule has 0 atom stereocenters. The van der Waals surface area contributed by atoms with Gasteiger partial charge in [0.05, 0.1) is 17.5 Å². The zero-order valence-electron chi connectivity index (χ0n) is 12.6. The Bertz CT molecular complexity index is 799. The molecule has 0 saturated carbocycles. The lowest BCUT2D eigenvalue weighted by Gasteiger charge is -2.05. The molecule has 2 aromatic rings. The Morgan fingerprint density at radius 3 is 2.19 bits per heavy atom. The van der Waals surface area contributed by atoms with Crippen LogP contribution >= 0.6 is 0 Å². The molecule has 21 heavy (non-hydrogen) atoms. The third kappa shape index (κ3) is 3.24. The Hall–Kier alpha value is -1.89. The zero-order chi connectivity index (χ0) is 15.8. The summed E-state index contributed by atoms with van der Waals surface area (Å²) in [5.74, 6) is 0.640. The van der Waals surface area contributed by atoms with Crippen molar-refractivity contribution < 1.29 is 8.42 Å². The van der Waals surface area contributed by atoms with Crippen molar-refractivity contribution in [3.63, 3.8) is 0 Å². The summed E-state index contributed by atoms with van der Waals surface area (Å²) in [4.78, 5) is 12.5. The van der Waals surface area contributed by atoms with E-state index >= 15 is 0 Å². The molecule has 2 rings (SSSR count). The van der Waals surface area contributed by atoms with Gasteiger partial charge in [-0.15, -0.1) is 0 Å². The number of sulfone groups is 1. The average Bonchev–Trinajstić information content (AvgIpc) is 2.66. The zero-order valence-corrected chi connectivity index (χ0v) is 13.4. The third-order valence-electron chi connectivity index (χ3n) is 3.25. The SMILES string of the molecule is Cc1nn(C(C)C)c(=O)n1Cc1ccc(S(C)(=O)=O)cc1.